The van der Waals surface area contributed by atoms with E-state index in [4.69, 9.17) is 0 Å². The van der Waals surface area contributed by atoms with Gasteiger partial charge in [0.2, 0.25) is 0 Å². The van der Waals surface area contributed by atoms with Gasteiger partial charge in [-0.1, -0.05) is 28.0 Å². The van der Waals surface area contributed by atoms with E-state index in [9.17, 15) is 0 Å². The van der Waals surface area contributed by atoms with Crippen LogP contribution >= 0.6 is 31.4 Å². The predicted octanol–water partition coefficient (Wildman–Crippen LogP) is 3.83. The highest BCUT2D eigenvalue weighted by molar-refractivity contribution is 9.09. The molecule has 11 heavy (non-hydrogen) atoms. The Morgan fingerprint density at radius 3 is 2.64 bits per heavy atom. The van der Waals surface area contributed by atoms with Crippen molar-refractivity contribution in [1.82, 2.24) is 0 Å². The van der Waals surface area contributed by atoms with E-state index in [1.54, 1.807) is 6.42 Å². The molecule has 0 aromatic heterocycles. The van der Waals surface area contributed by atoms with Crippen molar-refractivity contribution >= 4 is 31.4 Å². The van der Waals surface area contributed by atoms with E-state index < -0.39 is 0 Å². The van der Waals surface area contributed by atoms with E-state index >= 15 is 0 Å². The van der Waals surface area contributed by atoms with Crippen molar-refractivity contribution in [1.29, 1.82) is 0 Å². The Kier molecular flexibility index (Phi) is 3.02. The summed E-state index contributed by atoms with van der Waals surface area (Å²) in [4.78, 5) is 0. The Labute approximate surface area is 80.5 Å². The standard InChI is InChI=1S/C8H14S3/c1-9-11-10-8-5-6-2-3-7(8)4-6/h6-8H,2-5H2,1H3. The lowest BCUT2D eigenvalue weighted by atomic mass is 10.0. The van der Waals surface area contributed by atoms with Gasteiger partial charge in [-0.05, 0) is 47.2 Å². The molecule has 0 saturated heterocycles. The first kappa shape index (κ1) is 8.64. The molecule has 3 heteroatoms. The monoisotopic (exact) mass is 206 g/mol. The van der Waals surface area contributed by atoms with Crippen LogP contribution in [-0.2, 0) is 0 Å². The summed E-state index contributed by atoms with van der Waals surface area (Å²) < 4.78 is 0. The van der Waals surface area contributed by atoms with Gasteiger partial charge in [-0.3, -0.25) is 0 Å². The lowest BCUT2D eigenvalue weighted by Gasteiger charge is -2.19. The highest BCUT2D eigenvalue weighted by atomic mass is 33.5. The minimum atomic E-state index is 1.01. The van der Waals surface area contributed by atoms with Crippen LogP contribution in [0.25, 0.3) is 0 Å². The van der Waals surface area contributed by atoms with Crippen molar-refractivity contribution < 1.29 is 0 Å². The molecule has 2 rings (SSSR count). The second kappa shape index (κ2) is 3.84. The Balaban J connectivity index is 1.78. The minimum Gasteiger partial charge on any atom is -0.0860 e. The lowest BCUT2D eigenvalue weighted by molar-refractivity contribution is 0.493. The van der Waals surface area contributed by atoms with Gasteiger partial charge in [0.25, 0.3) is 0 Å². The molecule has 2 saturated carbocycles. The van der Waals surface area contributed by atoms with Gasteiger partial charge >= 0.3 is 0 Å². The number of fused-ring (bicyclic) bond motifs is 2. The summed E-state index contributed by atoms with van der Waals surface area (Å²) in [5.74, 6) is 2.20. The van der Waals surface area contributed by atoms with Crippen LogP contribution in [0, 0.1) is 11.8 Å². The van der Waals surface area contributed by atoms with Gasteiger partial charge in [0, 0.05) is 5.25 Å². The van der Waals surface area contributed by atoms with Crippen LogP contribution in [0.4, 0.5) is 0 Å². The Morgan fingerprint density at radius 1 is 1.18 bits per heavy atom. The Bertz CT molecular complexity index is 137. The van der Waals surface area contributed by atoms with Crippen LogP contribution in [0.2, 0.25) is 0 Å². The third kappa shape index (κ3) is 1.86. The molecule has 0 N–H and O–H groups in total. The van der Waals surface area contributed by atoms with Gasteiger partial charge in [-0.25, -0.2) is 0 Å². The van der Waals surface area contributed by atoms with Gasteiger partial charge in [0.15, 0.2) is 0 Å². The van der Waals surface area contributed by atoms with Crippen molar-refractivity contribution in [3.05, 3.63) is 0 Å². The molecule has 2 aliphatic carbocycles. The van der Waals surface area contributed by atoms with Crippen LogP contribution in [0.1, 0.15) is 25.7 Å². The van der Waals surface area contributed by atoms with Crippen LogP contribution in [0.3, 0.4) is 0 Å². The maximum absolute atomic E-state index is 2.17. The van der Waals surface area contributed by atoms with Gasteiger partial charge in [0.05, 0.1) is 0 Å². The summed E-state index contributed by atoms with van der Waals surface area (Å²) >= 11 is 0. The second-order valence-corrected chi connectivity index (χ2v) is 8.02. The summed E-state index contributed by atoms with van der Waals surface area (Å²) in [6, 6.07) is 0. The lowest BCUT2D eigenvalue weighted by Crippen LogP contribution is -2.10. The number of rotatable bonds is 3. The average Bonchev–Trinajstić information content (AvgIpc) is 2.60. The average molecular weight is 206 g/mol. The maximum atomic E-state index is 2.17. The molecular formula is C8H14S3. The smallest absolute Gasteiger partial charge is 0.0190 e. The van der Waals surface area contributed by atoms with Gasteiger partial charge in [-0.2, -0.15) is 0 Å². The third-order valence-corrected chi connectivity index (χ3v) is 7.26. The fraction of sp³-hybridized carbons (Fsp3) is 1.00. The zero-order valence-corrected chi connectivity index (χ0v) is 9.23. The molecule has 0 heterocycles. The second-order valence-electron chi connectivity index (χ2n) is 3.54. The summed E-state index contributed by atoms with van der Waals surface area (Å²) in [6.45, 7) is 0. The molecule has 0 amide bonds. The van der Waals surface area contributed by atoms with E-state index in [0.717, 1.165) is 17.1 Å². The van der Waals surface area contributed by atoms with E-state index in [1.165, 1.54) is 19.3 Å². The summed E-state index contributed by atoms with van der Waals surface area (Å²) in [5, 5.41) is 1.01. The van der Waals surface area contributed by atoms with Gasteiger partial charge in [0.1, 0.15) is 0 Å². The number of hydrogen-bond acceptors (Lipinski definition) is 3. The zero-order chi connectivity index (χ0) is 7.68. The van der Waals surface area contributed by atoms with Crippen molar-refractivity contribution in [3.63, 3.8) is 0 Å². The highest BCUT2D eigenvalue weighted by Gasteiger charge is 2.39. The summed E-state index contributed by atoms with van der Waals surface area (Å²) in [5.41, 5.74) is 0. The topological polar surface area (TPSA) is 0 Å². The van der Waals surface area contributed by atoms with Crippen molar-refractivity contribution in [2.75, 3.05) is 6.26 Å². The first-order valence-corrected chi connectivity index (χ1v) is 8.21. The molecule has 0 nitrogen and oxygen atoms in total. The van der Waals surface area contributed by atoms with Crippen LogP contribution in [0.5, 0.6) is 0 Å². The minimum absolute atomic E-state index is 1.01. The normalized spacial score (nSPS) is 41.7. The molecule has 0 spiro atoms. The van der Waals surface area contributed by atoms with Crippen LogP contribution in [0.15, 0.2) is 0 Å². The third-order valence-electron chi connectivity index (χ3n) is 2.90. The first-order valence-electron chi connectivity index (χ1n) is 4.26. The fourth-order valence-electron chi connectivity index (χ4n) is 2.39. The Hall–Kier alpha value is 1.05. The molecule has 64 valence electrons. The Morgan fingerprint density at radius 2 is 2.09 bits per heavy atom. The van der Waals surface area contributed by atoms with Gasteiger partial charge < -0.3 is 0 Å². The molecule has 3 unspecified atom stereocenters. The van der Waals surface area contributed by atoms with Crippen molar-refractivity contribution in [2.45, 2.75) is 30.9 Å². The van der Waals surface area contributed by atoms with Crippen molar-refractivity contribution in [3.8, 4) is 0 Å². The molecule has 2 bridgehead atoms. The van der Waals surface area contributed by atoms with E-state index in [1.807, 2.05) is 20.6 Å². The quantitative estimate of drug-likeness (QED) is 0.644. The van der Waals surface area contributed by atoms with Crippen LogP contribution in [-0.4, -0.2) is 11.5 Å². The molecule has 2 aliphatic rings. The molecule has 0 radical (unpaired) electrons. The SMILES string of the molecule is CSSSC1CC2CCC1C2. The van der Waals surface area contributed by atoms with E-state index in [0.29, 0.717) is 0 Å². The molecule has 2 fully saturated rings. The van der Waals surface area contributed by atoms with E-state index in [2.05, 4.69) is 17.0 Å². The molecule has 0 aromatic carbocycles. The van der Waals surface area contributed by atoms with Crippen LogP contribution < -0.4 is 0 Å². The summed E-state index contributed by atoms with van der Waals surface area (Å²) in [7, 11) is 6.00. The molecule has 0 aliphatic heterocycles. The largest absolute Gasteiger partial charge is 0.0860 e. The van der Waals surface area contributed by atoms with Crippen molar-refractivity contribution in [2.24, 2.45) is 11.8 Å². The highest BCUT2D eigenvalue weighted by Crippen LogP contribution is 2.53. The number of hydrogen-bond donors (Lipinski definition) is 0. The van der Waals surface area contributed by atoms with E-state index in [-0.39, 0.29) is 0 Å². The molecular weight excluding hydrogens is 192 g/mol. The zero-order valence-electron chi connectivity index (χ0n) is 6.79. The fourth-order valence-corrected chi connectivity index (χ4v) is 6.19. The maximum Gasteiger partial charge on any atom is 0.0190 e. The van der Waals surface area contributed by atoms with Gasteiger partial charge in [-0.15, -0.1) is 0 Å². The predicted molar refractivity (Wildman–Crippen MR) is 57.9 cm³/mol. The molecule has 3 atom stereocenters. The first-order chi connectivity index (χ1) is 5.40. The summed E-state index contributed by atoms with van der Waals surface area (Å²) in [6.07, 6.45) is 8.29. The molecule has 0 aromatic rings.